The van der Waals surface area contributed by atoms with Crippen LogP contribution in [-0.2, 0) is 0 Å². The molecule has 0 fully saturated rings. The Balaban J connectivity index is 2.65. The second-order valence-electron chi connectivity index (χ2n) is 4.76. The fourth-order valence-electron chi connectivity index (χ4n) is 1.62. The van der Waals surface area contributed by atoms with Crippen molar-refractivity contribution >= 4 is 5.95 Å². The molecular formula is C13H20N4. The SMILES string of the molecule is Cc1cc(C#N)nc(N(C)CCCC(C)C)n1. The van der Waals surface area contributed by atoms with Gasteiger partial charge in [-0.05, 0) is 31.7 Å². The van der Waals surface area contributed by atoms with E-state index >= 15 is 0 Å². The van der Waals surface area contributed by atoms with Gasteiger partial charge < -0.3 is 4.90 Å². The van der Waals surface area contributed by atoms with Crippen LogP contribution >= 0.6 is 0 Å². The molecule has 0 amide bonds. The van der Waals surface area contributed by atoms with Gasteiger partial charge in [-0.25, -0.2) is 9.97 Å². The van der Waals surface area contributed by atoms with Crippen molar-refractivity contribution in [2.75, 3.05) is 18.5 Å². The van der Waals surface area contributed by atoms with Gasteiger partial charge in [0.05, 0.1) is 0 Å². The third-order valence-corrected chi connectivity index (χ3v) is 2.57. The van der Waals surface area contributed by atoms with E-state index < -0.39 is 0 Å². The lowest BCUT2D eigenvalue weighted by atomic mass is 10.1. The molecular weight excluding hydrogens is 212 g/mol. The highest BCUT2D eigenvalue weighted by Crippen LogP contribution is 2.10. The monoisotopic (exact) mass is 232 g/mol. The van der Waals surface area contributed by atoms with Crippen molar-refractivity contribution in [3.63, 3.8) is 0 Å². The maximum atomic E-state index is 8.86. The summed E-state index contributed by atoms with van der Waals surface area (Å²) in [6.45, 7) is 7.24. The second kappa shape index (κ2) is 6.19. The van der Waals surface area contributed by atoms with Crippen molar-refractivity contribution in [1.82, 2.24) is 9.97 Å². The topological polar surface area (TPSA) is 52.8 Å². The lowest BCUT2D eigenvalue weighted by molar-refractivity contribution is 0.554. The predicted octanol–water partition coefficient (Wildman–Crippen LogP) is 2.53. The van der Waals surface area contributed by atoms with E-state index in [0.717, 1.165) is 24.6 Å². The number of anilines is 1. The van der Waals surface area contributed by atoms with Gasteiger partial charge in [0, 0.05) is 19.3 Å². The Morgan fingerprint density at radius 2 is 2.12 bits per heavy atom. The zero-order valence-electron chi connectivity index (χ0n) is 11.1. The Hall–Kier alpha value is -1.63. The van der Waals surface area contributed by atoms with Crippen molar-refractivity contribution in [3.8, 4) is 6.07 Å². The molecule has 0 aliphatic carbocycles. The number of aromatic nitrogens is 2. The van der Waals surface area contributed by atoms with Gasteiger partial charge >= 0.3 is 0 Å². The highest BCUT2D eigenvalue weighted by Gasteiger charge is 2.07. The molecule has 17 heavy (non-hydrogen) atoms. The van der Waals surface area contributed by atoms with E-state index in [1.807, 2.05) is 18.9 Å². The summed E-state index contributed by atoms with van der Waals surface area (Å²) in [7, 11) is 1.97. The van der Waals surface area contributed by atoms with Crippen molar-refractivity contribution in [2.45, 2.75) is 33.6 Å². The summed E-state index contributed by atoms with van der Waals surface area (Å²) in [6.07, 6.45) is 2.31. The van der Waals surface area contributed by atoms with Crippen molar-refractivity contribution < 1.29 is 0 Å². The lowest BCUT2D eigenvalue weighted by Crippen LogP contribution is -2.22. The minimum Gasteiger partial charge on any atom is -0.344 e. The van der Waals surface area contributed by atoms with Gasteiger partial charge in [-0.2, -0.15) is 5.26 Å². The van der Waals surface area contributed by atoms with Crippen LogP contribution < -0.4 is 4.90 Å². The number of hydrogen-bond acceptors (Lipinski definition) is 4. The maximum absolute atomic E-state index is 8.86. The molecule has 0 aliphatic heterocycles. The molecule has 0 aromatic carbocycles. The Bertz CT molecular complexity index is 406. The van der Waals surface area contributed by atoms with E-state index in [0.29, 0.717) is 11.6 Å². The molecule has 0 radical (unpaired) electrons. The van der Waals surface area contributed by atoms with Crippen molar-refractivity contribution in [2.24, 2.45) is 5.92 Å². The number of nitrogens with zero attached hydrogens (tertiary/aromatic N) is 4. The van der Waals surface area contributed by atoms with Gasteiger partial charge in [-0.1, -0.05) is 13.8 Å². The van der Waals surface area contributed by atoms with Crippen molar-refractivity contribution in [3.05, 3.63) is 17.5 Å². The van der Waals surface area contributed by atoms with Gasteiger partial charge in [0.1, 0.15) is 11.8 Å². The molecule has 1 aromatic rings. The normalized spacial score (nSPS) is 10.4. The van der Waals surface area contributed by atoms with Gasteiger partial charge in [0.2, 0.25) is 5.95 Å². The molecule has 92 valence electrons. The van der Waals surface area contributed by atoms with Crippen molar-refractivity contribution in [1.29, 1.82) is 5.26 Å². The minimum atomic E-state index is 0.434. The number of rotatable bonds is 5. The average Bonchev–Trinajstić information content (AvgIpc) is 2.27. The largest absolute Gasteiger partial charge is 0.344 e. The van der Waals surface area contributed by atoms with Gasteiger partial charge in [-0.3, -0.25) is 0 Å². The summed E-state index contributed by atoms with van der Waals surface area (Å²) >= 11 is 0. The summed E-state index contributed by atoms with van der Waals surface area (Å²) in [5, 5.41) is 8.86. The van der Waals surface area contributed by atoms with E-state index in [9.17, 15) is 0 Å². The van der Waals surface area contributed by atoms with Gasteiger partial charge in [0.15, 0.2) is 0 Å². The molecule has 4 heteroatoms. The molecule has 0 saturated carbocycles. The van der Waals surface area contributed by atoms with Crippen LogP contribution in [0.3, 0.4) is 0 Å². The first kappa shape index (κ1) is 13.4. The standard InChI is InChI=1S/C13H20N4/c1-10(2)6-5-7-17(4)13-15-11(3)8-12(9-14)16-13/h8,10H,5-7H2,1-4H3. The van der Waals surface area contributed by atoms with Crippen LogP contribution in [0.15, 0.2) is 6.07 Å². The second-order valence-corrected chi connectivity index (χ2v) is 4.76. The number of hydrogen-bond donors (Lipinski definition) is 0. The number of aryl methyl sites for hydroxylation is 1. The lowest BCUT2D eigenvalue weighted by Gasteiger charge is -2.17. The van der Waals surface area contributed by atoms with Crippen LogP contribution in [0.2, 0.25) is 0 Å². The zero-order chi connectivity index (χ0) is 12.8. The summed E-state index contributed by atoms with van der Waals surface area (Å²) in [4.78, 5) is 10.6. The van der Waals surface area contributed by atoms with Crippen LogP contribution in [0.4, 0.5) is 5.95 Å². The van der Waals surface area contributed by atoms with Crippen LogP contribution in [0, 0.1) is 24.2 Å². The van der Waals surface area contributed by atoms with E-state index in [4.69, 9.17) is 5.26 Å². The molecule has 1 rings (SSSR count). The van der Waals surface area contributed by atoms with Crippen LogP contribution in [0.1, 0.15) is 38.1 Å². The predicted molar refractivity (Wildman–Crippen MR) is 68.8 cm³/mol. The molecule has 0 saturated heterocycles. The fourth-order valence-corrected chi connectivity index (χ4v) is 1.62. The fraction of sp³-hybridized carbons (Fsp3) is 0.615. The Morgan fingerprint density at radius 1 is 1.41 bits per heavy atom. The molecule has 0 bridgehead atoms. The summed E-state index contributed by atoms with van der Waals surface area (Å²) in [6, 6.07) is 3.76. The van der Waals surface area contributed by atoms with Gasteiger partial charge in [-0.15, -0.1) is 0 Å². The molecule has 0 aliphatic rings. The quantitative estimate of drug-likeness (QED) is 0.782. The van der Waals surface area contributed by atoms with Crippen LogP contribution in [-0.4, -0.2) is 23.6 Å². The highest BCUT2D eigenvalue weighted by molar-refractivity contribution is 5.34. The van der Waals surface area contributed by atoms with E-state index in [1.54, 1.807) is 6.07 Å². The zero-order valence-corrected chi connectivity index (χ0v) is 11.1. The summed E-state index contributed by atoms with van der Waals surface area (Å²) in [5.41, 5.74) is 1.27. The third kappa shape index (κ3) is 4.39. The van der Waals surface area contributed by atoms with Crippen LogP contribution in [0.25, 0.3) is 0 Å². The molecule has 1 aromatic heterocycles. The molecule has 1 heterocycles. The molecule has 0 N–H and O–H groups in total. The first-order chi connectivity index (χ1) is 8.02. The smallest absolute Gasteiger partial charge is 0.226 e. The van der Waals surface area contributed by atoms with E-state index in [2.05, 4.69) is 29.9 Å². The van der Waals surface area contributed by atoms with Gasteiger partial charge in [0.25, 0.3) is 0 Å². The first-order valence-corrected chi connectivity index (χ1v) is 6.00. The summed E-state index contributed by atoms with van der Waals surface area (Å²) < 4.78 is 0. The Labute approximate surface area is 103 Å². The highest BCUT2D eigenvalue weighted by atomic mass is 15.2. The summed E-state index contributed by atoms with van der Waals surface area (Å²) in [5.74, 6) is 1.36. The number of nitriles is 1. The Kier molecular flexibility index (Phi) is 4.89. The van der Waals surface area contributed by atoms with E-state index in [1.165, 1.54) is 6.42 Å². The molecule has 0 spiro atoms. The average molecular weight is 232 g/mol. The van der Waals surface area contributed by atoms with Crippen LogP contribution in [0.5, 0.6) is 0 Å². The molecule has 4 nitrogen and oxygen atoms in total. The molecule has 0 unspecified atom stereocenters. The first-order valence-electron chi connectivity index (χ1n) is 6.00. The maximum Gasteiger partial charge on any atom is 0.226 e. The molecule has 0 atom stereocenters. The minimum absolute atomic E-state index is 0.434. The Morgan fingerprint density at radius 3 is 2.71 bits per heavy atom. The van der Waals surface area contributed by atoms with E-state index in [-0.39, 0.29) is 0 Å². The third-order valence-electron chi connectivity index (χ3n) is 2.57.